The zero-order chi connectivity index (χ0) is 9.19. The molecule has 1 saturated heterocycles. The molecule has 0 aliphatic carbocycles. The third-order valence-electron chi connectivity index (χ3n) is 2.80. The highest BCUT2D eigenvalue weighted by molar-refractivity contribution is 5.84. The first-order valence-electron chi connectivity index (χ1n) is 4.63. The summed E-state index contributed by atoms with van der Waals surface area (Å²) in [6, 6.07) is -0.302. The number of carbonyl (C=O) groups excluding carboxylic acids is 1. The lowest BCUT2D eigenvalue weighted by atomic mass is 9.81. The van der Waals surface area contributed by atoms with Crippen molar-refractivity contribution in [1.82, 2.24) is 5.32 Å². The Morgan fingerprint density at radius 1 is 1.75 bits per heavy atom. The molecule has 70 valence electrons. The van der Waals surface area contributed by atoms with Gasteiger partial charge in [0.15, 0.2) is 0 Å². The number of hydrogen-bond donors (Lipinski definition) is 2. The van der Waals surface area contributed by atoms with Gasteiger partial charge in [0.1, 0.15) is 0 Å². The van der Waals surface area contributed by atoms with Crippen molar-refractivity contribution in [2.75, 3.05) is 6.54 Å². The second-order valence-corrected chi connectivity index (χ2v) is 3.95. The van der Waals surface area contributed by atoms with Crippen molar-refractivity contribution in [1.29, 1.82) is 0 Å². The molecule has 3 N–H and O–H groups in total. The second kappa shape index (κ2) is 3.44. The van der Waals surface area contributed by atoms with Crippen LogP contribution in [0.5, 0.6) is 0 Å². The zero-order valence-electron chi connectivity index (χ0n) is 7.89. The number of rotatable bonds is 3. The van der Waals surface area contributed by atoms with E-state index in [9.17, 15) is 4.79 Å². The van der Waals surface area contributed by atoms with Crippen molar-refractivity contribution < 1.29 is 4.79 Å². The predicted octanol–water partition coefficient (Wildman–Crippen LogP) is 0.640. The Bertz CT molecular complexity index is 181. The Morgan fingerprint density at radius 2 is 2.42 bits per heavy atom. The van der Waals surface area contributed by atoms with Gasteiger partial charge in [0.05, 0.1) is 6.04 Å². The van der Waals surface area contributed by atoms with Gasteiger partial charge in [-0.05, 0) is 6.42 Å². The normalized spacial score (nSPS) is 35.2. The van der Waals surface area contributed by atoms with Gasteiger partial charge in [0.2, 0.25) is 5.91 Å². The number of carbonyl (C=O) groups is 1. The van der Waals surface area contributed by atoms with E-state index in [1.165, 1.54) is 0 Å². The van der Waals surface area contributed by atoms with Gasteiger partial charge in [-0.3, -0.25) is 4.79 Å². The molecule has 12 heavy (non-hydrogen) atoms. The van der Waals surface area contributed by atoms with Gasteiger partial charge in [-0.25, -0.2) is 0 Å². The van der Waals surface area contributed by atoms with E-state index in [0.29, 0.717) is 0 Å². The molecule has 0 aromatic rings. The van der Waals surface area contributed by atoms with E-state index in [4.69, 9.17) is 5.73 Å². The summed E-state index contributed by atoms with van der Waals surface area (Å²) < 4.78 is 0. The Balaban J connectivity index is 2.53. The molecule has 0 aromatic heterocycles. The van der Waals surface area contributed by atoms with Crippen molar-refractivity contribution in [3.8, 4) is 0 Å². The fourth-order valence-electron chi connectivity index (χ4n) is 1.65. The van der Waals surface area contributed by atoms with Crippen molar-refractivity contribution in [3.63, 3.8) is 0 Å². The lowest BCUT2D eigenvalue weighted by molar-refractivity contribution is -0.120. The third kappa shape index (κ3) is 1.61. The smallest absolute Gasteiger partial charge is 0.237 e. The Hall–Kier alpha value is -0.570. The molecule has 3 heteroatoms. The molecule has 0 saturated carbocycles. The maximum Gasteiger partial charge on any atom is 0.237 e. The number of nitrogens with one attached hydrogen (secondary N) is 1. The number of amides is 1. The van der Waals surface area contributed by atoms with Gasteiger partial charge < -0.3 is 11.1 Å². The van der Waals surface area contributed by atoms with Crippen molar-refractivity contribution in [3.05, 3.63) is 0 Å². The van der Waals surface area contributed by atoms with Crippen LogP contribution in [-0.4, -0.2) is 18.5 Å². The quantitative estimate of drug-likeness (QED) is 0.653. The Morgan fingerprint density at radius 3 is 2.83 bits per heavy atom. The van der Waals surface area contributed by atoms with E-state index in [1.54, 1.807) is 0 Å². The molecular weight excluding hydrogens is 152 g/mol. The largest absolute Gasteiger partial charge is 0.354 e. The highest BCUT2D eigenvalue weighted by Gasteiger charge is 2.41. The molecule has 0 spiro atoms. The van der Waals surface area contributed by atoms with E-state index in [2.05, 4.69) is 19.2 Å². The summed E-state index contributed by atoms with van der Waals surface area (Å²) in [5, 5.41) is 2.80. The summed E-state index contributed by atoms with van der Waals surface area (Å²) >= 11 is 0. The molecular formula is C9H18N2O. The molecule has 1 fully saturated rings. The van der Waals surface area contributed by atoms with Crippen molar-refractivity contribution >= 4 is 5.91 Å². The lowest BCUT2D eigenvalue weighted by Gasteiger charge is -2.25. The van der Waals surface area contributed by atoms with Crippen LogP contribution in [0.15, 0.2) is 0 Å². The van der Waals surface area contributed by atoms with Gasteiger partial charge in [-0.1, -0.05) is 26.7 Å². The number of nitrogens with two attached hydrogens (primary N) is 1. The predicted molar refractivity (Wildman–Crippen MR) is 48.6 cm³/mol. The molecule has 2 atom stereocenters. The summed E-state index contributed by atoms with van der Waals surface area (Å²) in [5.41, 5.74) is 5.78. The van der Waals surface area contributed by atoms with E-state index < -0.39 is 0 Å². The molecule has 3 nitrogen and oxygen atoms in total. The van der Waals surface area contributed by atoms with Crippen LogP contribution in [0.2, 0.25) is 0 Å². The number of hydrogen-bond acceptors (Lipinski definition) is 2. The van der Waals surface area contributed by atoms with Gasteiger partial charge >= 0.3 is 0 Å². The van der Waals surface area contributed by atoms with Crippen molar-refractivity contribution in [2.45, 2.75) is 39.2 Å². The van der Waals surface area contributed by atoms with E-state index >= 15 is 0 Å². The average molecular weight is 170 g/mol. The Kier molecular flexibility index (Phi) is 2.73. The van der Waals surface area contributed by atoms with Crippen LogP contribution >= 0.6 is 0 Å². The van der Waals surface area contributed by atoms with Crippen LogP contribution in [0, 0.1) is 5.41 Å². The lowest BCUT2D eigenvalue weighted by Crippen LogP contribution is -2.40. The average Bonchev–Trinajstić information content (AvgIpc) is 2.31. The van der Waals surface area contributed by atoms with Gasteiger partial charge in [0.25, 0.3) is 0 Å². The summed E-state index contributed by atoms with van der Waals surface area (Å²) in [6.07, 6.45) is 3.36. The maximum atomic E-state index is 11.1. The van der Waals surface area contributed by atoms with Crippen molar-refractivity contribution in [2.24, 2.45) is 11.1 Å². The maximum absolute atomic E-state index is 11.1. The molecule has 1 rings (SSSR count). The van der Waals surface area contributed by atoms with Crippen LogP contribution in [0.3, 0.4) is 0 Å². The van der Waals surface area contributed by atoms with Crippen LogP contribution in [-0.2, 0) is 4.79 Å². The Labute approximate surface area is 73.7 Å². The molecule has 1 amide bonds. The van der Waals surface area contributed by atoms with E-state index in [-0.39, 0.29) is 17.4 Å². The fraction of sp³-hybridized carbons (Fsp3) is 0.889. The summed E-state index contributed by atoms with van der Waals surface area (Å²) in [5.74, 6) is 0.00797. The summed E-state index contributed by atoms with van der Waals surface area (Å²) in [6.45, 7) is 4.98. The van der Waals surface area contributed by atoms with Gasteiger partial charge in [-0.2, -0.15) is 0 Å². The zero-order valence-corrected chi connectivity index (χ0v) is 7.89. The standard InChI is InChI=1S/C9H18N2O/c1-3-4-5-9(2)6-11-8(12)7(9)10/h7H,3-6,10H2,1-2H3,(H,11,12). The first kappa shape index (κ1) is 9.52. The minimum atomic E-state index is -0.302. The topological polar surface area (TPSA) is 55.1 Å². The molecule has 1 aliphatic rings. The van der Waals surface area contributed by atoms with E-state index in [0.717, 1.165) is 25.8 Å². The monoisotopic (exact) mass is 170 g/mol. The highest BCUT2D eigenvalue weighted by atomic mass is 16.2. The molecule has 0 bridgehead atoms. The minimum Gasteiger partial charge on any atom is -0.354 e. The minimum absolute atomic E-state index is 0.00685. The molecule has 1 heterocycles. The third-order valence-corrected chi connectivity index (χ3v) is 2.80. The van der Waals surface area contributed by atoms with Crippen LogP contribution < -0.4 is 11.1 Å². The van der Waals surface area contributed by atoms with Gasteiger partial charge in [0, 0.05) is 12.0 Å². The summed E-state index contributed by atoms with van der Waals surface area (Å²) in [4.78, 5) is 11.1. The van der Waals surface area contributed by atoms with Gasteiger partial charge in [-0.15, -0.1) is 0 Å². The van der Waals surface area contributed by atoms with Crippen LogP contribution in [0.25, 0.3) is 0 Å². The first-order valence-corrected chi connectivity index (χ1v) is 4.63. The molecule has 0 aromatic carbocycles. The molecule has 2 unspecified atom stereocenters. The first-order chi connectivity index (χ1) is 5.60. The molecule has 1 aliphatic heterocycles. The van der Waals surface area contributed by atoms with E-state index in [1.807, 2.05) is 0 Å². The number of unbranched alkanes of at least 4 members (excludes halogenated alkanes) is 1. The second-order valence-electron chi connectivity index (χ2n) is 3.95. The summed E-state index contributed by atoms with van der Waals surface area (Å²) in [7, 11) is 0. The fourth-order valence-corrected chi connectivity index (χ4v) is 1.65. The van der Waals surface area contributed by atoms with Crippen LogP contribution in [0.4, 0.5) is 0 Å². The van der Waals surface area contributed by atoms with Crippen LogP contribution in [0.1, 0.15) is 33.1 Å². The molecule has 0 radical (unpaired) electrons. The SMILES string of the molecule is CCCCC1(C)CNC(=O)C1N. The highest BCUT2D eigenvalue weighted by Crippen LogP contribution is 2.30.